The second kappa shape index (κ2) is 12.2. The van der Waals surface area contributed by atoms with E-state index in [1.807, 2.05) is 7.05 Å². The Kier molecular flexibility index (Phi) is 7.82. The molecule has 0 unspecified atom stereocenters. The largest absolute Gasteiger partial charge is 0.504 e. The normalized spacial score (nSPS) is 10.9. The molecule has 0 aliphatic carbocycles. The lowest BCUT2D eigenvalue weighted by molar-refractivity contribution is 0.322. The van der Waals surface area contributed by atoms with E-state index in [1.165, 1.54) is 43.5 Å². The van der Waals surface area contributed by atoms with Gasteiger partial charge in [-0.15, -0.1) is 5.10 Å². The average Bonchev–Trinajstić information content (AvgIpc) is 3.75. The third-order valence-electron chi connectivity index (χ3n) is 6.58. The molecule has 14 nitrogen and oxygen atoms in total. The zero-order valence-corrected chi connectivity index (χ0v) is 24.0. The van der Waals surface area contributed by atoms with E-state index in [2.05, 4.69) is 30.6 Å². The van der Waals surface area contributed by atoms with Crippen LogP contribution in [-0.4, -0.2) is 53.2 Å². The van der Waals surface area contributed by atoms with Crippen LogP contribution in [0.5, 0.6) is 46.3 Å². The van der Waals surface area contributed by atoms with Crippen molar-refractivity contribution in [1.82, 2.24) is 35.2 Å². The SMILES string of the molecule is COc1ccc(-c2nnn[nH]2)cc1Oc1c(F)c(Oc2cccc(-c3nccn3C)c2)nc(Oc2cc(C(=N)N)ccc2O)c1F. The fraction of sp³-hybridized carbons (Fsp3) is 0.0667. The summed E-state index contributed by atoms with van der Waals surface area (Å²) in [4.78, 5) is 8.25. The number of imidazole rings is 1. The number of halogens is 2. The lowest BCUT2D eigenvalue weighted by Gasteiger charge is -2.17. The first-order valence-electron chi connectivity index (χ1n) is 13.3. The van der Waals surface area contributed by atoms with Gasteiger partial charge in [-0.1, -0.05) is 12.1 Å². The van der Waals surface area contributed by atoms with Crippen molar-refractivity contribution in [3.05, 3.63) is 90.3 Å². The molecule has 0 amide bonds. The van der Waals surface area contributed by atoms with Crippen LogP contribution in [0, 0.1) is 17.0 Å². The zero-order chi connectivity index (χ0) is 32.4. The van der Waals surface area contributed by atoms with E-state index in [-0.39, 0.29) is 40.2 Å². The maximum atomic E-state index is 16.1. The molecule has 0 saturated carbocycles. The molecule has 0 fully saturated rings. The Morgan fingerprint density at radius 1 is 0.935 bits per heavy atom. The minimum Gasteiger partial charge on any atom is -0.504 e. The Balaban J connectivity index is 1.46. The van der Waals surface area contributed by atoms with Crippen LogP contribution in [0.2, 0.25) is 0 Å². The van der Waals surface area contributed by atoms with Crippen LogP contribution in [0.25, 0.3) is 22.8 Å². The number of pyridine rings is 1. The Labute approximate surface area is 258 Å². The van der Waals surface area contributed by atoms with E-state index in [1.54, 1.807) is 41.2 Å². The molecule has 232 valence electrons. The van der Waals surface area contributed by atoms with E-state index in [0.29, 0.717) is 17.0 Å². The van der Waals surface area contributed by atoms with Gasteiger partial charge in [-0.3, -0.25) is 5.41 Å². The number of amidine groups is 1. The summed E-state index contributed by atoms with van der Waals surface area (Å²) in [6, 6.07) is 14.8. The van der Waals surface area contributed by atoms with Gasteiger partial charge in [0.05, 0.1) is 7.11 Å². The van der Waals surface area contributed by atoms with Gasteiger partial charge in [0.25, 0.3) is 11.8 Å². The van der Waals surface area contributed by atoms with E-state index in [9.17, 15) is 5.11 Å². The topological polar surface area (TPSA) is 192 Å². The molecule has 6 aromatic rings. The maximum absolute atomic E-state index is 16.1. The molecule has 0 spiro atoms. The summed E-state index contributed by atoms with van der Waals surface area (Å²) in [5, 5.41) is 31.6. The highest BCUT2D eigenvalue weighted by atomic mass is 19.1. The number of methoxy groups -OCH3 is 1. The molecular formula is C30H23F2N9O5. The van der Waals surface area contributed by atoms with Gasteiger partial charge < -0.3 is 34.4 Å². The van der Waals surface area contributed by atoms with Crippen molar-refractivity contribution < 1.29 is 32.8 Å². The number of aromatic amines is 1. The molecule has 3 heterocycles. The summed E-state index contributed by atoms with van der Waals surface area (Å²) < 4.78 is 56.5. The van der Waals surface area contributed by atoms with Crippen molar-refractivity contribution in [2.24, 2.45) is 12.8 Å². The van der Waals surface area contributed by atoms with Crippen LogP contribution in [0.1, 0.15) is 5.56 Å². The summed E-state index contributed by atoms with van der Waals surface area (Å²) >= 11 is 0. The van der Waals surface area contributed by atoms with E-state index >= 15 is 8.78 Å². The van der Waals surface area contributed by atoms with Gasteiger partial charge in [0.15, 0.2) is 28.8 Å². The third kappa shape index (κ3) is 5.81. The second-order valence-electron chi connectivity index (χ2n) is 9.59. The van der Waals surface area contributed by atoms with Crippen LogP contribution in [-0.2, 0) is 7.05 Å². The fourth-order valence-electron chi connectivity index (χ4n) is 4.32. The molecule has 0 radical (unpaired) electrons. The first-order valence-corrected chi connectivity index (χ1v) is 13.3. The number of aromatic hydroxyl groups is 1. The number of ether oxygens (including phenoxy) is 4. The first kappa shape index (κ1) is 29.5. The number of nitrogen functional groups attached to an aromatic ring is 1. The number of H-pyrrole nitrogens is 1. The number of nitrogens with two attached hydrogens (primary N) is 1. The Bertz CT molecular complexity index is 2070. The van der Waals surface area contributed by atoms with Crippen molar-refractivity contribution in [2.75, 3.05) is 7.11 Å². The Morgan fingerprint density at radius 2 is 1.74 bits per heavy atom. The fourth-order valence-corrected chi connectivity index (χ4v) is 4.32. The van der Waals surface area contributed by atoms with Crippen molar-refractivity contribution >= 4 is 5.84 Å². The molecule has 0 aliphatic heterocycles. The van der Waals surface area contributed by atoms with Crippen LogP contribution >= 0.6 is 0 Å². The number of phenolic OH excluding ortho intramolecular Hbond substituents is 1. The van der Waals surface area contributed by atoms with Gasteiger partial charge >= 0.3 is 0 Å². The summed E-state index contributed by atoms with van der Waals surface area (Å²) in [6.45, 7) is 0. The molecule has 0 atom stereocenters. The van der Waals surface area contributed by atoms with Gasteiger partial charge in [0.2, 0.25) is 17.4 Å². The molecule has 0 bridgehead atoms. The minimum atomic E-state index is -1.38. The number of hydrogen-bond donors (Lipinski definition) is 4. The highest BCUT2D eigenvalue weighted by Crippen LogP contribution is 2.43. The van der Waals surface area contributed by atoms with Gasteiger partial charge in [0.1, 0.15) is 17.4 Å². The summed E-state index contributed by atoms with van der Waals surface area (Å²) in [7, 11) is 3.16. The molecule has 0 saturated heterocycles. The summed E-state index contributed by atoms with van der Waals surface area (Å²) in [5.41, 5.74) is 6.79. The summed E-state index contributed by atoms with van der Waals surface area (Å²) in [6.07, 6.45) is 3.38. The number of nitrogens with zero attached hydrogens (tertiary/aromatic N) is 6. The number of nitrogens with one attached hydrogen (secondary N) is 2. The Hall–Kier alpha value is -6.58. The van der Waals surface area contributed by atoms with Crippen molar-refractivity contribution in [3.63, 3.8) is 0 Å². The molecule has 3 aromatic heterocycles. The average molecular weight is 628 g/mol. The molecule has 3 aromatic carbocycles. The number of phenols is 1. The van der Waals surface area contributed by atoms with Crippen LogP contribution in [0.3, 0.4) is 0 Å². The zero-order valence-electron chi connectivity index (χ0n) is 24.0. The quantitative estimate of drug-likeness (QED) is 0.114. The van der Waals surface area contributed by atoms with Crippen LogP contribution < -0.4 is 24.7 Å². The van der Waals surface area contributed by atoms with E-state index in [4.69, 9.17) is 30.1 Å². The van der Waals surface area contributed by atoms with Gasteiger partial charge in [0, 0.05) is 36.1 Å². The van der Waals surface area contributed by atoms with Crippen molar-refractivity contribution in [1.29, 1.82) is 5.41 Å². The first-order chi connectivity index (χ1) is 22.2. The lowest BCUT2D eigenvalue weighted by atomic mass is 10.2. The Morgan fingerprint density at radius 3 is 2.43 bits per heavy atom. The van der Waals surface area contributed by atoms with E-state index in [0.717, 1.165) is 0 Å². The van der Waals surface area contributed by atoms with Crippen LogP contribution in [0.15, 0.2) is 73.1 Å². The maximum Gasteiger partial charge on any atom is 0.263 e. The van der Waals surface area contributed by atoms with Crippen LogP contribution in [0.4, 0.5) is 8.78 Å². The lowest BCUT2D eigenvalue weighted by Crippen LogP contribution is -2.11. The molecule has 5 N–H and O–H groups in total. The second-order valence-corrected chi connectivity index (χ2v) is 9.59. The number of benzene rings is 3. The van der Waals surface area contributed by atoms with Crippen molar-refractivity contribution in [2.45, 2.75) is 0 Å². The predicted molar refractivity (Wildman–Crippen MR) is 158 cm³/mol. The minimum absolute atomic E-state index is 0.115. The van der Waals surface area contributed by atoms with E-state index < -0.39 is 34.9 Å². The highest BCUT2D eigenvalue weighted by molar-refractivity contribution is 5.95. The van der Waals surface area contributed by atoms with Crippen molar-refractivity contribution in [3.8, 4) is 69.0 Å². The number of rotatable bonds is 10. The standard InChI is InChI=1S/C30H23F2N9O5/c1-41-11-10-35-28(41)17-4-3-5-18(12-17)44-29-23(31)25(45-22-14-16(7-9-20(22)43-2)27-37-39-40-38-27)24(32)30(36-29)46-21-13-15(26(33)34)6-8-19(21)42/h3-14,42H,1-2H3,(H3,33,34)(H,37,38,39,40). The monoisotopic (exact) mass is 627 g/mol. The third-order valence-corrected chi connectivity index (χ3v) is 6.58. The highest BCUT2D eigenvalue weighted by Gasteiger charge is 2.28. The molecule has 0 aliphatic rings. The number of tetrazole rings is 1. The number of aromatic nitrogens is 7. The smallest absolute Gasteiger partial charge is 0.263 e. The molecule has 16 heteroatoms. The number of hydrogen-bond acceptors (Lipinski definition) is 11. The molecule has 6 rings (SSSR count). The molecular weight excluding hydrogens is 604 g/mol. The van der Waals surface area contributed by atoms with Gasteiger partial charge in [-0.05, 0) is 59.0 Å². The molecule has 46 heavy (non-hydrogen) atoms. The van der Waals surface area contributed by atoms with Gasteiger partial charge in [-0.25, -0.2) is 10.1 Å². The number of aryl methyl sites for hydroxylation is 1. The summed E-state index contributed by atoms with van der Waals surface area (Å²) in [5.74, 6) is -5.30. The predicted octanol–water partition coefficient (Wildman–Crippen LogP) is 5.32. The van der Waals surface area contributed by atoms with Gasteiger partial charge in [-0.2, -0.15) is 13.8 Å².